The van der Waals surface area contributed by atoms with Crippen LogP contribution in [0.15, 0.2) is 54.7 Å². The smallest absolute Gasteiger partial charge is 0.321 e. The highest BCUT2D eigenvalue weighted by Crippen LogP contribution is 2.38. The second-order valence-corrected chi connectivity index (χ2v) is 7.04. The molecule has 2 fully saturated rings. The summed E-state index contributed by atoms with van der Waals surface area (Å²) in [6.07, 6.45) is 5.25. The van der Waals surface area contributed by atoms with Crippen molar-refractivity contribution in [3.05, 3.63) is 60.4 Å². The van der Waals surface area contributed by atoms with Crippen LogP contribution < -0.4 is 5.32 Å². The summed E-state index contributed by atoms with van der Waals surface area (Å²) < 4.78 is 0. The molecule has 4 rings (SSSR count). The number of likely N-dealkylation sites (tertiary alicyclic amines) is 2. The van der Waals surface area contributed by atoms with E-state index in [-0.39, 0.29) is 11.6 Å². The van der Waals surface area contributed by atoms with Crippen molar-refractivity contribution in [3.63, 3.8) is 0 Å². The van der Waals surface area contributed by atoms with Gasteiger partial charge in [-0.3, -0.25) is 9.88 Å². The quantitative estimate of drug-likeness (QED) is 0.935. The van der Waals surface area contributed by atoms with Crippen molar-refractivity contribution >= 4 is 11.7 Å². The topological polar surface area (TPSA) is 48.5 Å². The van der Waals surface area contributed by atoms with Gasteiger partial charge < -0.3 is 10.2 Å². The van der Waals surface area contributed by atoms with E-state index in [1.54, 1.807) is 0 Å². The zero-order valence-corrected chi connectivity index (χ0v) is 14.4. The van der Waals surface area contributed by atoms with Crippen LogP contribution in [0.5, 0.6) is 0 Å². The van der Waals surface area contributed by atoms with E-state index >= 15 is 0 Å². The van der Waals surface area contributed by atoms with Crippen LogP contribution in [0.1, 0.15) is 25.0 Å². The average Bonchev–Trinajstić information content (AvgIpc) is 3.25. The number of pyridine rings is 1. The number of carbonyl (C=O) groups is 1. The number of nitrogens with one attached hydrogen (secondary N) is 1. The molecule has 1 aromatic carbocycles. The number of hydrogen-bond donors (Lipinski definition) is 1. The molecule has 130 valence electrons. The molecule has 0 bridgehead atoms. The molecule has 0 unspecified atom stereocenters. The van der Waals surface area contributed by atoms with E-state index in [1.165, 1.54) is 6.42 Å². The van der Waals surface area contributed by atoms with Crippen LogP contribution >= 0.6 is 0 Å². The first kappa shape index (κ1) is 16.1. The number of urea groups is 1. The summed E-state index contributed by atoms with van der Waals surface area (Å²) in [5.41, 5.74) is 2.08. The Hall–Kier alpha value is -2.40. The summed E-state index contributed by atoms with van der Waals surface area (Å²) in [6, 6.07) is 15.8. The van der Waals surface area contributed by atoms with Gasteiger partial charge in [-0.25, -0.2) is 4.79 Å². The standard InChI is InChI=1S/C20H24N4O/c25-19(22-17-7-2-1-3-8-17)23-14-11-20(16-23)10-6-13-24(20)15-18-9-4-5-12-21-18/h1-5,7-9,12H,6,10-11,13-16H2,(H,22,25)/t20-/m0/s1. The van der Waals surface area contributed by atoms with Crippen molar-refractivity contribution < 1.29 is 4.79 Å². The predicted octanol–water partition coefficient (Wildman–Crippen LogP) is 3.35. The molecule has 0 aliphatic carbocycles. The summed E-state index contributed by atoms with van der Waals surface area (Å²) in [5.74, 6) is 0. The molecule has 1 aromatic heterocycles. The summed E-state index contributed by atoms with van der Waals surface area (Å²) >= 11 is 0. The van der Waals surface area contributed by atoms with Gasteiger partial charge in [-0.2, -0.15) is 0 Å². The highest BCUT2D eigenvalue weighted by atomic mass is 16.2. The summed E-state index contributed by atoms with van der Waals surface area (Å²) in [4.78, 5) is 21.6. The molecule has 0 saturated carbocycles. The van der Waals surface area contributed by atoms with Gasteiger partial charge >= 0.3 is 6.03 Å². The van der Waals surface area contributed by atoms with Crippen LogP contribution in [0.3, 0.4) is 0 Å². The Balaban J connectivity index is 1.42. The van der Waals surface area contributed by atoms with E-state index in [4.69, 9.17) is 0 Å². The number of carbonyl (C=O) groups excluding carboxylic acids is 1. The molecule has 1 spiro atoms. The minimum atomic E-state index is 0.00719. The first-order valence-corrected chi connectivity index (χ1v) is 9.01. The van der Waals surface area contributed by atoms with Gasteiger partial charge in [0.15, 0.2) is 0 Å². The van der Waals surface area contributed by atoms with Gasteiger partial charge in [0, 0.05) is 37.1 Å². The number of amides is 2. The molecule has 2 aliphatic rings. The van der Waals surface area contributed by atoms with Crippen molar-refractivity contribution in [1.29, 1.82) is 0 Å². The van der Waals surface area contributed by atoms with Crippen LogP contribution in [-0.4, -0.2) is 46.0 Å². The number of para-hydroxylation sites is 1. The highest BCUT2D eigenvalue weighted by molar-refractivity contribution is 5.89. The fourth-order valence-corrected chi connectivity index (χ4v) is 4.14. The molecule has 2 amide bonds. The molecular weight excluding hydrogens is 312 g/mol. The van der Waals surface area contributed by atoms with E-state index in [1.807, 2.05) is 53.6 Å². The molecule has 2 saturated heterocycles. The van der Waals surface area contributed by atoms with Crippen LogP contribution in [0.2, 0.25) is 0 Å². The molecular formula is C20H24N4O. The molecule has 1 N–H and O–H groups in total. The lowest BCUT2D eigenvalue weighted by Crippen LogP contribution is -2.47. The summed E-state index contributed by atoms with van der Waals surface area (Å²) in [7, 11) is 0. The van der Waals surface area contributed by atoms with E-state index < -0.39 is 0 Å². The molecule has 1 atom stereocenters. The average molecular weight is 336 g/mol. The fourth-order valence-electron chi connectivity index (χ4n) is 4.14. The Bertz CT molecular complexity index is 721. The molecule has 3 heterocycles. The third-order valence-electron chi connectivity index (χ3n) is 5.46. The maximum Gasteiger partial charge on any atom is 0.321 e. The molecule has 2 aromatic rings. The molecule has 0 radical (unpaired) electrons. The number of anilines is 1. The zero-order valence-electron chi connectivity index (χ0n) is 14.4. The minimum absolute atomic E-state index is 0.00719. The monoisotopic (exact) mass is 336 g/mol. The van der Waals surface area contributed by atoms with Gasteiger partial charge in [0.2, 0.25) is 0 Å². The van der Waals surface area contributed by atoms with Crippen molar-refractivity contribution in [2.75, 3.05) is 25.0 Å². The maximum atomic E-state index is 12.6. The second-order valence-electron chi connectivity index (χ2n) is 7.04. The predicted molar refractivity (Wildman–Crippen MR) is 98.3 cm³/mol. The number of benzene rings is 1. The van der Waals surface area contributed by atoms with Crippen LogP contribution in [0, 0.1) is 0 Å². The zero-order chi connectivity index (χ0) is 17.1. The van der Waals surface area contributed by atoms with Crippen molar-refractivity contribution in [2.24, 2.45) is 0 Å². The summed E-state index contributed by atoms with van der Waals surface area (Å²) in [5, 5.41) is 3.01. The summed E-state index contributed by atoms with van der Waals surface area (Å²) in [6.45, 7) is 3.58. The molecule has 5 nitrogen and oxygen atoms in total. The number of aromatic nitrogens is 1. The second kappa shape index (κ2) is 6.84. The van der Waals surface area contributed by atoms with E-state index in [2.05, 4.69) is 21.3 Å². The lowest BCUT2D eigenvalue weighted by Gasteiger charge is -2.34. The fraction of sp³-hybridized carbons (Fsp3) is 0.400. The van der Waals surface area contributed by atoms with Crippen molar-refractivity contribution in [2.45, 2.75) is 31.3 Å². The molecule has 2 aliphatic heterocycles. The van der Waals surface area contributed by atoms with Gasteiger partial charge in [-0.15, -0.1) is 0 Å². The lowest BCUT2D eigenvalue weighted by atomic mass is 9.95. The number of hydrogen-bond acceptors (Lipinski definition) is 3. The Morgan fingerprint density at radius 3 is 2.72 bits per heavy atom. The van der Waals surface area contributed by atoms with E-state index in [0.717, 1.165) is 50.4 Å². The van der Waals surface area contributed by atoms with Gasteiger partial charge in [0.25, 0.3) is 0 Å². The number of nitrogens with zero attached hydrogens (tertiary/aromatic N) is 3. The Labute approximate surface area is 148 Å². The Morgan fingerprint density at radius 2 is 1.92 bits per heavy atom. The largest absolute Gasteiger partial charge is 0.323 e. The molecule has 25 heavy (non-hydrogen) atoms. The Morgan fingerprint density at radius 1 is 1.08 bits per heavy atom. The maximum absolute atomic E-state index is 12.6. The SMILES string of the molecule is O=C(Nc1ccccc1)N1CC[C@@]2(CCCN2Cc2ccccn2)C1. The van der Waals surface area contributed by atoms with Gasteiger partial charge in [0.1, 0.15) is 0 Å². The Kier molecular flexibility index (Phi) is 4.40. The van der Waals surface area contributed by atoms with Gasteiger partial charge in [-0.05, 0) is 50.1 Å². The molecule has 5 heteroatoms. The first-order chi connectivity index (χ1) is 12.3. The van der Waals surface area contributed by atoms with Crippen molar-refractivity contribution in [1.82, 2.24) is 14.8 Å². The van der Waals surface area contributed by atoms with Crippen molar-refractivity contribution in [3.8, 4) is 0 Å². The van der Waals surface area contributed by atoms with E-state index in [9.17, 15) is 4.79 Å². The van der Waals surface area contributed by atoms with Crippen LogP contribution in [0.25, 0.3) is 0 Å². The minimum Gasteiger partial charge on any atom is -0.323 e. The third-order valence-corrected chi connectivity index (χ3v) is 5.46. The third kappa shape index (κ3) is 3.37. The van der Waals surface area contributed by atoms with Crippen LogP contribution in [-0.2, 0) is 6.54 Å². The first-order valence-electron chi connectivity index (χ1n) is 9.01. The van der Waals surface area contributed by atoms with Gasteiger partial charge in [0.05, 0.1) is 5.69 Å². The lowest BCUT2D eigenvalue weighted by molar-refractivity contribution is 0.134. The van der Waals surface area contributed by atoms with Gasteiger partial charge in [-0.1, -0.05) is 24.3 Å². The number of rotatable bonds is 3. The van der Waals surface area contributed by atoms with E-state index in [0.29, 0.717) is 0 Å². The normalized spacial score (nSPS) is 23.3. The van der Waals surface area contributed by atoms with Crippen LogP contribution in [0.4, 0.5) is 10.5 Å². The highest BCUT2D eigenvalue weighted by Gasteiger charge is 2.47.